The van der Waals surface area contributed by atoms with Gasteiger partial charge in [-0.25, -0.2) is 4.39 Å². The summed E-state index contributed by atoms with van der Waals surface area (Å²) in [4.78, 5) is 11.5. The quantitative estimate of drug-likeness (QED) is 0.485. The van der Waals surface area contributed by atoms with Crippen LogP contribution in [0.5, 0.6) is 0 Å². The molecule has 0 amide bonds. The third-order valence-corrected chi connectivity index (χ3v) is 3.24. The molecule has 144 valence electrons. The molecule has 5 nitrogen and oxygen atoms in total. The normalized spacial score (nSPS) is 10.1. The highest BCUT2D eigenvalue weighted by molar-refractivity contribution is 5.69. The molecule has 0 radical (unpaired) electrons. The van der Waals surface area contributed by atoms with E-state index in [1.807, 2.05) is 6.92 Å². The van der Waals surface area contributed by atoms with Crippen molar-refractivity contribution in [2.24, 2.45) is 0 Å². The zero-order valence-corrected chi connectivity index (χ0v) is 15.6. The fraction of sp³-hybridized carbons (Fsp3) is 0.632. The first-order valence-electron chi connectivity index (χ1n) is 8.63. The van der Waals surface area contributed by atoms with Crippen LogP contribution in [0, 0.1) is 12.7 Å². The molecule has 0 heterocycles. The lowest BCUT2D eigenvalue weighted by molar-refractivity contribution is -0.146. The van der Waals surface area contributed by atoms with Crippen molar-refractivity contribution >= 4 is 5.97 Å². The zero-order chi connectivity index (χ0) is 18.9. The topological polar surface area (TPSA) is 65.0 Å². The van der Waals surface area contributed by atoms with Crippen LogP contribution in [0.2, 0.25) is 0 Å². The van der Waals surface area contributed by atoms with E-state index in [0.717, 1.165) is 24.8 Å². The summed E-state index contributed by atoms with van der Waals surface area (Å²) in [5.41, 5.74) is 1.24. The molecule has 1 N–H and O–H groups in total. The Balaban J connectivity index is 0.00000101. The summed E-state index contributed by atoms with van der Waals surface area (Å²) in [6.07, 6.45) is 3.50. The molecule has 0 unspecified atom stereocenters. The van der Waals surface area contributed by atoms with Crippen LogP contribution >= 0.6 is 0 Å². The average molecular weight is 358 g/mol. The number of benzene rings is 1. The number of rotatable bonds is 11. The van der Waals surface area contributed by atoms with Crippen molar-refractivity contribution in [1.82, 2.24) is 0 Å². The molecular weight excluding hydrogens is 327 g/mol. The number of methoxy groups -OCH3 is 1. The van der Waals surface area contributed by atoms with Crippen LogP contribution in [-0.4, -0.2) is 44.6 Å². The Bertz CT molecular complexity index is 463. The number of unbranched alkanes of at least 4 members (excludes halogenated alkanes) is 2. The van der Waals surface area contributed by atoms with Gasteiger partial charge in [0, 0.05) is 19.3 Å². The standard InChI is InChI=1S/C16H23FO3.C3H8O2/c1-3-4-5-9-19-10-8-16(18)20-12-14-7-6-13(2)11-15(14)17;1-5-3-2-4/h6-7,11H,3-5,8-10,12H2,1-2H3;4H,2-3H2,1H3. The van der Waals surface area contributed by atoms with Gasteiger partial charge in [-0.2, -0.15) is 0 Å². The highest BCUT2D eigenvalue weighted by Crippen LogP contribution is 2.11. The molecule has 0 spiro atoms. The summed E-state index contributed by atoms with van der Waals surface area (Å²) < 4.78 is 28.3. The maximum Gasteiger partial charge on any atom is 0.308 e. The van der Waals surface area contributed by atoms with Gasteiger partial charge in [0.25, 0.3) is 0 Å². The largest absolute Gasteiger partial charge is 0.461 e. The van der Waals surface area contributed by atoms with Crippen molar-refractivity contribution in [3.63, 3.8) is 0 Å². The van der Waals surface area contributed by atoms with E-state index in [1.165, 1.54) is 6.07 Å². The number of aliphatic hydroxyl groups is 1. The van der Waals surface area contributed by atoms with Gasteiger partial charge in [0.1, 0.15) is 12.4 Å². The van der Waals surface area contributed by atoms with E-state index in [9.17, 15) is 9.18 Å². The minimum Gasteiger partial charge on any atom is -0.461 e. The molecule has 25 heavy (non-hydrogen) atoms. The zero-order valence-electron chi connectivity index (χ0n) is 15.6. The maximum absolute atomic E-state index is 13.5. The lowest BCUT2D eigenvalue weighted by Gasteiger charge is -2.07. The van der Waals surface area contributed by atoms with Crippen LogP contribution in [0.3, 0.4) is 0 Å². The summed E-state index contributed by atoms with van der Waals surface area (Å²) in [5.74, 6) is -0.700. The summed E-state index contributed by atoms with van der Waals surface area (Å²) in [7, 11) is 1.55. The molecule has 0 saturated carbocycles. The van der Waals surface area contributed by atoms with Gasteiger partial charge in [0.05, 0.1) is 26.2 Å². The number of aliphatic hydroxyl groups excluding tert-OH is 1. The van der Waals surface area contributed by atoms with Gasteiger partial charge in [-0.1, -0.05) is 31.9 Å². The number of hydrogen-bond donors (Lipinski definition) is 1. The van der Waals surface area contributed by atoms with Crippen molar-refractivity contribution in [2.75, 3.05) is 33.5 Å². The van der Waals surface area contributed by atoms with Gasteiger partial charge >= 0.3 is 5.97 Å². The Hall–Kier alpha value is -1.50. The summed E-state index contributed by atoms with van der Waals surface area (Å²) in [5, 5.41) is 7.94. The Labute approximate surface area is 150 Å². The molecule has 6 heteroatoms. The predicted molar refractivity (Wildman–Crippen MR) is 94.9 cm³/mol. The number of hydrogen-bond acceptors (Lipinski definition) is 5. The first-order valence-corrected chi connectivity index (χ1v) is 8.63. The van der Waals surface area contributed by atoms with Crippen LogP contribution in [0.4, 0.5) is 4.39 Å². The Morgan fingerprint density at radius 1 is 1.20 bits per heavy atom. The molecule has 0 fully saturated rings. The number of aryl methyl sites for hydroxylation is 1. The third-order valence-electron chi connectivity index (χ3n) is 3.24. The van der Waals surface area contributed by atoms with Crippen molar-refractivity contribution < 1.29 is 28.5 Å². The highest BCUT2D eigenvalue weighted by atomic mass is 19.1. The van der Waals surface area contributed by atoms with E-state index in [0.29, 0.717) is 25.4 Å². The van der Waals surface area contributed by atoms with Gasteiger partial charge in [-0.05, 0) is 25.0 Å². The first-order chi connectivity index (χ1) is 12.0. The predicted octanol–water partition coefficient (Wildman–Crippen LogP) is 3.40. The second-order valence-corrected chi connectivity index (χ2v) is 5.54. The van der Waals surface area contributed by atoms with Crippen molar-refractivity contribution in [2.45, 2.75) is 46.1 Å². The second-order valence-electron chi connectivity index (χ2n) is 5.54. The average Bonchev–Trinajstić information content (AvgIpc) is 2.58. The molecule has 1 aromatic rings. The lowest BCUT2D eigenvalue weighted by atomic mass is 10.1. The molecular formula is C19H31FO5. The van der Waals surface area contributed by atoms with Crippen LogP contribution < -0.4 is 0 Å². The number of carbonyl (C=O) groups excluding carboxylic acids is 1. The number of ether oxygens (including phenoxy) is 3. The van der Waals surface area contributed by atoms with E-state index < -0.39 is 0 Å². The van der Waals surface area contributed by atoms with Crippen molar-refractivity contribution in [1.29, 1.82) is 0 Å². The van der Waals surface area contributed by atoms with E-state index >= 15 is 0 Å². The van der Waals surface area contributed by atoms with Crippen LogP contribution in [0.25, 0.3) is 0 Å². The van der Waals surface area contributed by atoms with E-state index in [2.05, 4.69) is 11.7 Å². The molecule has 0 aliphatic rings. The highest BCUT2D eigenvalue weighted by Gasteiger charge is 2.07. The van der Waals surface area contributed by atoms with Gasteiger partial charge in [0.15, 0.2) is 0 Å². The third kappa shape index (κ3) is 13.5. The fourth-order valence-electron chi connectivity index (χ4n) is 1.80. The Morgan fingerprint density at radius 3 is 2.52 bits per heavy atom. The molecule has 0 bridgehead atoms. The molecule has 1 aromatic carbocycles. The minimum atomic E-state index is -0.361. The van der Waals surface area contributed by atoms with Crippen molar-refractivity contribution in [3.05, 3.63) is 35.1 Å². The molecule has 0 saturated heterocycles. The fourth-order valence-corrected chi connectivity index (χ4v) is 1.80. The SMILES string of the molecule is CCCCCOCCC(=O)OCc1ccc(C)cc1F.COCCO. The van der Waals surface area contributed by atoms with Gasteiger partial charge < -0.3 is 19.3 Å². The molecule has 0 atom stereocenters. The van der Waals surface area contributed by atoms with E-state index in [-0.39, 0.29) is 31.4 Å². The van der Waals surface area contributed by atoms with Crippen LogP contribution in [-0.2, 0) is 25.6 Å². The number of carbonyl (C=O) groups is 1. The number of halogens is 1. The molecule has 1 rings (SSSR count). The molecule has 0 aliphatic carbocycles. The summed E-state index contributed by atoms with van der Waals surface area (Å²) in [6, 6.07) is 4.86. The Kier molecular flexibility index (Phi) is 15.0. The Morgan fingerprint density at radius 2 is 1.96 bits per heavy atom. The summed E-state index contributed by atoms with van der Waals surface area (Å²) in [6.45, 7) is 5.51. The van der Waals surface area contributed by atoms with E-state index in [4.69, 9.17) is 14.6 Å². The second kappa shape index (κ2) is 16.0. The monoisotopic (exact) mass is 358 g/mol. The maximum atomic E-state index is 13.5. The van der Waals surface area contributed by atoms with Crippen LogP contribution in [0.1, 0.15) is 43.7 Å². The lowest BCUT2D eigenvalue weighted by Crippen LogP contribution is -2.09. The van der Waals surface area contributed by atoms with Gasteiger partial charge in [-0.15, -0.1) is 0 Å². The van der Waals surface area contributed by atoms with E-state index in [1.54, 1.807) is 19.2 Å². The molecule has 0 aliphatic heterocycles. The number of esters is 1. The smallest absolute Gasteiger partial charge is 0.308 e. The van der Waals surface area contributed by atoms with Gasteiger partial charge in [0.2, 0.25) is 0 Å². The summed E-state index contributed by atoms with van der Waals surface area (Å²) >= 11 is 0. The van der Waals surface area contributed by atoms with Crippen molar-refractivity contribution in [3.8, 4) is 0 Å². The van der Waals surface area contributed by atoms with Crippen LogP contribution in [0.15, 0.2) is 18.2 Å². The van der Waals surface area contributed by atoms with Gasteiger partial charge in [-0.3, -0.25) is 4.79 Å². The molecule has 0 aromatic heterocycles. The minimum absolute atomic E-state index is 0.0270. The first kappa shape index (κ1) is 23.5.